The molecule has 2 N–H and O–H groups in total. The van der Waals surface area contributed by atoms with E-state index in [9.17, 15) is 9.90 Å². The first kappa shape index (κ1) is 27.7. The van der Waals surface area contributed by atoms with Crippen molar-refractivity contribution in [2.24, 2.45) is 5.92 Å². The van der Waals surface area contributed by atoms with Crippen LogP contribution in [0.5, 0.6) is 5.75 Å². The summed E-state index contributed by atoms with van der Waals surface area (Å²) in [6.45, 7) is 7.54. The largest absolute Gasteiger partial charge is 0.491 e. The molecular formula is C29H40N6O3. The van der Waals surface area contributed by atoms with Crippen molar-refractivity contribution in [1.29, 1.82) is 0 Å². The van der Waals surface area contributed by atoms with Gasteiger partial charge in [0.2, 0.25) is 5.91 Å². The Morgan fingerprint density at radius 1 is 1.16 bits per heavy atom. The van der Waals surface area contributed by atoms with Crippen molar-refractivity contribution in [3.8, 4) is 28.4 Å². The fourth-order valence-corrected chi connectivity index (χ4v) is 4.63. The number of carbonyl (C=O) groups excluding carboxylic acids is 1. The molecule has 1 saturated heterocycles. The van der Waals surface area contributed by atoms with Gasteiger partial charge in [0.25, 0.3) is 0 Å². The quantitative estimate of drug-likeness (QED) is 0.313. The third-order valence-corrected chi connectivity index (χ3v) is 6.52. The number of rotatable bonds is 14. The van der Waals surface area contributed by atoms with Crippen molar-refractivity contribution in [1.82, 2.24) is 30.0 Å². The molecular weight excluding hydrogens is 480 g/mol. The first-order valence-corrected chi connectivity index (χ1v) is 13.7. The Kier molecular flexibility index (Phi) is 9.84. The average molecular weight is 521 g/mol. The maximum Gasteiger partial charge on any atom is 0.222 e. The summed E-state index contributed by atoms with van der Waals surface area (Å²) < 4.78 is 7.77. The Labute approximate surface area is 225 Å². The number of aliphatic hydroxyl groups is 1. The van der Waals surface area contributed by atoms with Crippen LogP contribution in [-0.4, -0.2) is 75.1 Å². The van der Waals surface area contributed by atoms with Crippen LogP contribution in [0.1, 0.15) is 45.2 Å². The number of likely N-dealkylation sites (N-methyl/N-ethyl adjacent to an activating group) is 1. The van der Waals surface area contributed by atoms with Gasteiger partial charge >= 0.3 is 0 Å². The highest BCUT2D eigenvalue weighted by atomic mass is 16.5. The van der Waals surface area contributed by atoms with Crippen molar-refractivity contribution in [3.05, 3.63) is 48.4 Å². The van der Waals surface area contributed by atoms with Gasteiger partial charge in [0.1, 0.15) is 18.5 Å². The van der Waals surface area contributed by atoms with Gasteiger partial charge in [0, 0.05) is 55.6 Å². The van der Waals surface area contributed by atoms with Gasteiger partial charge in [-0.15, -0.1) is 0 Å². The molecule has 1 atom stereocenters. The number of aliphatic hydroxyl groups excluding tert-OH is 1. The molecule has 4 rings (SSSR count). The number of hydrogen-bond acceptors (Lipinski definition) is 7. The number of ether oxygens (including phenoxy) is 1. The van der Waals surface area contributed by atoms with Gasteiger partial charge in [-0.1, -0.05) is 26.0 Å². The maximum absolute atomic E-state index is 11.9. The van der Waals surface area contributed by atoms with E-state index in [1.54, 1.807) is 7.05 Å². The van der Waals surface area contributed by atoms with Crippen LogP contribution < -0.4 is 10.1 Å². The molecule has 204 valence electrons. The lowest BCUT2D eigenvalue weighted by Crippen LogP contribution is -2.29. The molecule has 0 spiro atoms. The molecule has 1 unspecified atom stereocenters. The SMILES string of the molecule is CNCC(O)COc1cccc(-c2nc(CCCCN3CCCC3=O)cc(-c3cnn(CC(C)C)c3)n2)c1. The number of aromatic nitrogens is 4. The Morgan fingerprint density at radius 3 is 2.79 bits per heavy atom. The van der Waals surface area contributed by atoms with Crippen molar-refractivity contribution < 1.29 is 14.6 Å². The molecule has 1 fully saturated rings. The highest BCUT2D eigenvalue weighted by Gasteiger charge is 2.19. The van der Waals surface area contributed by atoms with E-state index in [-0.39, 0.29) is 12.5 Å². The lowest BCUT2D eigenvalue weighted by Gasteiger charge is -2.15. The lowest BCUT2D eigenvalue weighted by atomic mass is 10.1. The van der Waals surface area contributed by atoms with E-state index >= 15 is 0 Å². The highest BCUT2D eigenvalue weighted by molar-refractivity contribution is 5.78. The Bertz CT molecular complexity index is 1190. The van der Waals surface area contributed by atoms with E-state index < -0.39 is 6.10 Å². The number of aryl methyl sites for hydroxylation is 1. The number of nitrogens with one attached hydrogen (secondary N) is 1. The summed E-state index contributed by atoms with van der Waals surface area (Å²) in [5, 5.41) is 17.5. The molecule has 1 aromatic carbocycles. The Balaban J connectivity index is 1.53. The zero-order valence-corrected chi connectivity index (χ0v) is 22.8. The fourth-order valence-electron chi connectivity index (χ4n) is 4.63. The van der Waals surface area contributed by atoms with Crippen molar-refractivity contribution in [2.45, 2.75) is 58.6 Å². The number of nitrogens with zero attached hydrogens (tertiary/aromatic N) is 5. The second kappa shape index (κ2) is 13.5. The summed E-state index contributed by atoms with van der Waals surface area (Å²) in [7, 11) is 1.80. The minimum atomic E-state index is -0.590. The summed E-state index contributed by atoms with van der Waals surface area (Å²) in [5.41, 5.74) is 3.61. The molecule has 9 heteroatoms. The van der Waals surface area contributed by atoms with Crippen LogP contribution in [0, 0.1) is 5.92 Å². The molecule has 2 aromatic heterocycles. The molecule has 0 saturated carbocycles. The normalized spacial score (nSPS) is 14.4. The first-order valence-electron chi connectivity index (χ1n) is 13.7. The number of hydrogen-bond donors (Lipinski definition) is 2. The molecule has 1 aliphatic heterocycles. The number of benzene rings is 1. The molecule has 38 heavy (non-hydrogen) atoms. The molecule has 0 aliphatic carbocycles. The van der Waals surface area contributed by atoms with E-state index in [2.05, 4.69) is 30.3 Å². The van der Waals surface area contributed by atoms with Crippen LogP contribution in [0.15, 0.2) is 42.7 Å². The Hall–Kier alpha value is -3.30. The summed E-state index contributed by atoms with van der Waals surface area (Å²) in [6, 6.07) is 9.72. The van der Waals surface area contributed by atoms with E-state index in [0.29, 0.717) is 30.5 Å². The molecule has 1 aliphatic rings. The van der Waals surface area contributed by atoms with E-state index in [1.165, 1.54) is 0 Å². The third kappa shape index (κ3) is 7.85. The van der Waals surface area contributed by atoms with Crippen molar-refractivity contribution in [3.63, 3.8) is 0 Å². The van der Waals surface area contributed by atoms with E-state index in [1.807, 2.05) is 46.2 Å². The average Bonchev–Trinajstić information content (AvgIpc) is 3.54. The van der Waals surface area contributed by atoms with Gasteiger partial charge in [-0.05, 0) is 56.8 Å². The van der Waals surface area contributed by atoms with Gasteiger partial charge in [0.05, 0.1) is 11.9 Å². The van der Waals surface area contributed by atoms with Crippen LogP contribution in [-0.2, 0) is 17.8 Å². The first-order chi connectivity index (χ1) is 18.4. The zero-order chi connectivity index (χ0) is 26.9. The van der Waals surface area contributed by atoms with Crippen molar-refractivity contribution >= 4 is 5.91 Å². The Morgan fingerprint density at radius 2 is 2.03 bits per heavy atom. The lowest BCUT2D eigenvalue weighted by molar-refractivity contribution is -0.127. The predicted octanol–water partition coefficient (Wildman–Crippen LogP) is 3.57. The van der Waals surface area contributed by atoms with Crippen LogP contribution in [0.3, 0.4) is 0 Å². The standard InChI is InChI=1S/C29H40N6O3/c1-21(2)18-35-19-23(16-31-35)27-15-24(9-4-5-12-34-13-7-11-28(34)37)32-29(33-27)22-8-6-10-26(14-22)38-20-25(36)17-30-3/h6,8,10,14-16,19,21,25,30,36H,4-5,7,9,11-13,17-18,20H2,1-3H3. The van der Waals surface area contributed by atoms with Crippen LogP contribution in [0.25, 0.3) is 22.6 Å². The second-order valence-electron chi connectivity index (χ2n) is 10.4. The summed E-state index contributed by atoms with van der Waals surface area (Å²) >= 11 is 0. The minimum Gasteiger partial charge on any atom is -0.491 e. The number of likely N-dealkylation sites (tertiary alicyclic amines) is 1. The van der Waals surface area contributed by atoms with Gasteiger partial charge in [0.15, 0.2) is 5.82 Å². The minimum absolute atomic E-state index is 0.199. The third-order valence-electron chi connectivity index (χ3n) is 6.52. The summed E-state index contributed by atoms with van der Waals surface area (Å²) in [5.74, 6) is 2.06. The van der Waals surface area contributed by atoms with Gasteiger partial charge in [-0.3, -0.25) is 9.48 Å². The van der Waals surface area contributed by atoms with Crippen molar-refractivity contribution in [2.75, 3.05) is 33.3 Å². The zero-order valence-electron chi connectivity index (χ0n) is 22.8. The predicted molar refractivity (Wildman–Crippen MR) is 148 cm³/mol. The number of carbonyl (C=O) groups is 1. The van der Waals surface area contributed by atoms with Gasteiger partial charge in [-0.25, -0.2) is 9.97 Å². The molecule has 3 heterocycles. The molecule has 0 radical (unpaired) electrons. The highest BCUT2D eigenvalue weighted by Crippen LogP contribution is 2.26. The molecule has 0 bridgehead atoms. The number of amides is 1. The monoisotopic (exact) mass is 520 g/mol. The molecule has 9 nitrogen and oxygen atoms in total. The van der Waals surface area contributed by atoms with Crippen LogP contribution in [0.4, 0.5) is 0 Å². The van der Waals surface area contributed by atoms with Gasteiger partial charge in [-0.2, -0.15) is 5.10 Å². The topological polar surface area (TPSA) is 105 Å². The van der Waals surface area contributed by atoms with Gasteiger partial charge < -0.3 is 20.1 Å². The summed E-state index contributed by atoms with van der Waals surface area (Å²) in [6.07, 6.45) is 7.66. The van der Waals surface area contributed by atoms with E-state index in [0.717, 1.165) is 67.8 Å². The number of unbranched alkanes of at least 4 members (excludes halogenated alkanes) is 1. The fraction of sp³-hybridized carbons (Fsp3) is 0.517. The smallest absolute Gasteiger partial charge is 0.222 e. The van der Waals surface area contributed by atoms with Crippen LogP contribution in [0.2, 0.25) is 0 Å². The second-order valence-corrected chi connectivity index (χ2v) is 10.4. The summed E-state index contributed by atoms with van der Waals surface area (Å²) in [4.78, 5) is 23.7. The molecule has 1 amide bonds. The van der Waals surface area contributed by atoms with E-state index in [4.69, 9.17) is 14.7 Å². The molecule has 3 aromatic rings. The van der Waals surface area contributed by atoms with Crippen LogP contribution >= 0.6 is 0 Å². The maximum atomic E-state index is 11.9.